The summed E-state index contributed by atoms with van der Waals surface area (Å²) in [5.41, 5.74) is 0.967. The van der Waals surface area contributed by atoms with Crippen molar-refractivity contribution in [2.75, 3.05) is 11.1 Å². The molecule has 0 unspecified atom stereocenters. The maximum Gasteiger partial charge on any atom is 0.270 e. The summed E-state index contributed by atoms with van der Waals surface area (Å²) in [6.45, 7) is 3.76. The van der Waals surface area contributed by atoms with Crippen molar-refractivity contribution in [3.8, 4) is 0 Å². The third kappa shape index (κ3) is 3.60. The number of imidazole rings is 1. The molecule has 0 atom stereocenters. The van der Waals surface area contributed by atoms with E-state index in [1.807, 2.05) is 13.8 Å². The average molecular weight is 306 g/mol. The van der Waals surface area contributed by atoms with Gasteiger partial charge in [0.15, 0.2) is 0 Å². The van der Waals surface area contributed by atoms with Crippen LogP contribution in [0.1, 0.15) is 23.0 Å². The SMILES string of the molecule is CCSc1ccc([N+](=O)[O-])cc1C(=O)Nc1ncc(C)[nH]1. The molecule has 1 aromatic heterocycles. The molecular formula is C13H14N4O3S. The fraction of sp³-hybridized carbons (Fsp3) is 0.231. The van der Waals surface area contributed by atoms with Crippen molar-refractivity contribution in [3.63, 3.8) is 0 Å². The molecule has 1 heterocycles. The lowest BCUT2D eigenvalue weighted by molar-refractivity contribution is -0.384. The van der Waals surface area contributed by atoms with Crippen LogP contribution in [0.15, 0.2) is 29.3 Å². The largest absolute Gasteiger partial charge is 0.328 e. The summed E-state index contributed by atoms with van der Waals surface area (Å²) in [5.74, 6) is 0.651. The molecule has 2 rings (SSSR count). The van der Waals surface area contributed by atoms with Gasteiger partial charge in [-0.05, 0) is 18.7 Å². The normalized spacial score (nSPS) is 10.4. The second-order valence-corrected chi connectivity index (χ2v) is 5.55. The van der Waals surface area contributed by atoms with Crippen molar-refractivity contribution < 1.29 is 9.72 Å². The number of thioether (sulfide) groups is 1. The van der Waals surface area contributed by atoms with E-state index in [0.717, 1.165) is 11.4 Å². The molecular weight excluding hydrogens is 292 g/mol. The van der Waals surface area contributed by atoms with Gasteiger partial charge in [0.1, 0.15) is 0 Å². The minimum absolute atomic E-state index is 0.115. The van der Waals surface area contributed by atoms with Crippen molar-refractivity contribution in [2.45, 2.75) is 18.7 Å². The number of benzene rings is 1. The van der Waals surface area contributed by atoms with E-state index in [1.54, 1.807) is 12.3 Å². The van der Waals surface area contributed by atoms with E-state index >= 15 is 0 Å². The van der Waals surface area contributed by atoms with Crippen LogP contribution in [0.4, 0.5) is 11.6 Å². The summed E-state index contributed by atoms with van der Waals surface area (Å²) in [6.07, 6.45) is 1.59. The highest BCUT2D eigenvalue weighted by atomic mass is 32.2. The number of aromatic amines is 1. The van der Waals surface area contributed by atoms with E-state index in [-0.39, 0.29) is 11.3 Å². The molecule has 1 aromatic carbocycles. The number of nitrogens with one attached hydrogen (secondary N) is 2. The minimum atomic E-state index is -0.520. The standard InChI is InChI=1S/C13H14N4O3S/c1-3-21-11-5-4-9(17(19)20)6-10(11)12(18)16-13-14-7-8(2)15-13/h4-7H,3H2,1-2H3,(H2,14,15,16,18). The lowest BCUT2D eigenvalue weighted by Gasteiger charge is -2.07. The molecule has 7 nitrogen and oxygen atoms in total. The topological polar surface area (TPSA) is 101 Å². The number of hydrogen-bond acceptors (Lipinski definition) is 5. The summed E-state index contributed by atoms with van der Waals surface area (Å²) in [6, 6.07) is 4.27. The molecule has 0 aliphatic rings. The first-order valence-electron chi connectivity index (χ1n) is 6.25. The first kappa shape index (κ1) is 15.0. The number of amides is 1. The van der Waals surface area contributed by atoms with E-state index in [2.05, 4.69) is 15.3 Å². The van der Waals surface area contributed by atoms with Crippen LogP contribution in [-0.2, 0) is 0 Å². The van der Waals surface area contributed by atoms with Gasteiger partial charge in [-0.2, -0.15) is 0 Å². The Morgan fingerprint density at radius 1 is 1.52 bits per heavy atom. The second kappa shape index (κ2) is 6.40. The summed E-state index contributed by atoms with van der Waals surface area (Å²) < 4.78 is 0. The highest BCUT2D eigenvalue weighted by Gasteiger charge is 2.17. The average Bonchev–Trinajstić information content (AvgIpc) is 2.84. The summed E-state index contributed by atoms with van der Waals surface area (Å²) in [5, 5.41) is 13.5. The van der Waals surface area contributed by atoms with Crippen LogP contribution in [0.3, 0.4) is 0 Å². The van der Waals surface area contributed by atoms with Crippen molar-refractivity contribution >= 4 is 29.3 Å². The molecule has 21 heavy (non-hydrogen) atoms. The summed E-state index contributed by atoms with van der Waals surface area (Å²) >= 11 is 1.45. The first-order chi connectivity index (χ1) is 10.0. The molecule has 0 saturated carbocycles. The highest BCUT2D eigenvalue weighted by Crippen LogP contribution is 2.27. The van der Waals surface area contributed by atoms with Gasteiger partial charge in [-0.15, -0.1) is 11.8 Å². The van der Waals surface area contributed by atoms with Gasteiger partial charge in [0.2, 0.25) is 5.95 Å². The fourth-order valence-electron chi connectivity index (χ4n) is 1.74. The second-order valence-electron chi connectivity index (χ2n) is 4.24. The number of nitrogens with zero attached hydrogens (tertiary/aromatic N) is 2. The first-order valence-corrected chi connectivity index (χ1v) is 7.24. The molecule has 8 heteroatoms. The predicted molar refractivity (Wildman–Crippen MR) is 80.8 cm³/mol. The van der Waals surface area contributed by atoms with Gasteiger partial charge >= 0.3 is 0 Å². The summed E-state index contributed by atoms with van der Waals surface area (Å²) in [4.78, 5) is 30.2. The number of carbonyl (C=O) groups excluding carboxylic acids is 1. The van der Waals surface area contributed by atoms with E-state index in [0.29, 0.717) is 10.8 Å². The van der Waals surface area contributed by atoms with Crippen molar-refractivity contribution in [3.05, 3.63) is 45.8 Å². The molecule has 0 radical (unpaired) electrons. The predicted octanol–water partition coefficient (Wildman–Crippen LogP) is 2.99. The van der Waals surface area contributed by atoms with Gasteiger partial charge in [-0.1, -0.05) is 6.92 Å². The number of aryl methyl sites for hydroxylation is 1. The van der Waals surface area contributed by atoms with Crippen LogP contribution < -0.4 is 5.32 Å². The molecule has 110 valence electrons. The van der Waals surface area contributed by atoms with Gasteiger partial charge in [0.05, 0.1) is 10.5 Å². The lowest BCUT2D eigenvalue weighted by atomic mass is 10.2. The summed E-state index contributed by atoms with van der Waals surface area (Å²) in [7, 11) is 0. The van der Waals surface area contributed by atoms with Crippen LogP contribution in [0.2, 0.25) is 0 Å². The van der Waals surface area contributed by atoms with E-state index in [4.69, 9.17) is 0 Å². The lowest BCUT2D eigenvalue weighted by Crippen LogP contribution is -2.14. The zero-order valence-corrected chi connectivity index (χ0v) is 12.4. The molecule has 2 aromatic rings. The van der Waals surface area contributed by atoms with Gasteiger partial charge in [-0.3, -0.25) is 20.2 Å². The molecule has 0 saturated heterocycles. The molecule has 0 fully saturated rings. The Bertz CT molecular complexity index is 684. The Morgan fingerprint density at radius 3 is 2.86 bits per heavy atom. The molecule has 0 aliphatic heterocycles. The number of carbonyl (C=O) groups is 1. The maximum absolute atomic E-state index is 12.3. The van der Waals surface area contributed by atoms with E-state index < -0.39 is 10.8 Å². The van der Waals surface area contributed by atoms with E-state index in [1.165, 1.54) is 23.9 Å². The molecule has 0 spiro atoms. The maximum atomic E-state index is 12.3. The van der Waals surface area contributed by atoms with E-state index in [9.17, 15) is 14.9 Å². The van der Waals surface area contributed by atoms with Crippen molar-refractivity contribution in [1.29, 1.82) is 0 Å². The Morgan fingerprint density at radius 2 is 2.29 bits per heavy atom. The van der Waals surface area contributed by atoms with Crippen LogP contribution >= 0.6 is 11.8 Å². The number of H-pyrrole nitrogens is 1. The highest BCUT2D eigenvalue weighted by molar-refractivity contribution is 7.99. The fourth-order valence-corrected chi connectivity index (χ4v) is 2.52. The smallest absolute Gasteiger partial charge is 0.270 e. The van der Waals surface area contributed by atoms with Gasteiger partial charge in [0.25, 0.3) is 11.6 Å². The number of nitro groups is 1. The molecule has 0 aliphatic carbocycles. The Labute approximate surface area is 125 Å². The third-order valence-corrected chi connectivity index (χ3v) is 3.61. The quantitative estimate of drug-likeness (QED) is 0.502. The zero-order valence-electron chi connectivity index (χ0n) is 11.5. The number of aromatic nitrogens is 2. The van der Waals surface area contributed by atoms with Crippen molar-refractivity contribution in [1.82, 2.24) is 9.97 Å². The Hall–Kier alpha value is -2.35. The number of non-ortho nitro benzene ring substituents is 1. The minimum Gasteiger partial charge on any atom is -0.328 e. The Kier molecular flexibility index (Phi) is 4.59. The van der Waals surface area contributed by atoms with Gasteiger partial charge < -0.3 is 4.98 Å². The molecule has 0 bridgehead atoms. The third-order valence-electron chi connectivity index (χ3n) is 2.65. The monoisotopic (exact) mass is 306 g/mol. The van der Waals surface area contributed by atoms with Crippen LogP contribution in [0.25, 0.3) is 0 Å². The zero-order chi connectivity index (χ0) is 15.4. The van der Waals surface area contributed by atoms with Crippen LogP contribution in [0.5, 0.6) is 0 Å². The van der Waals surface area contributed by atoms with Gasteiger partial charge in [0, 0.05) is 28.9 Å². The Balaban J connectivity index is 2.32. The van der Waals surface area contributed by atoms with Crippen molar-refractivity contribution in [2.24, 2.45) is 0 Å². The number of nitro benzene ring substituents is 1. The molecule has 2 N–H and O–H groups in total. The number of anilines is 1. The molecule has 1 amide bonds. The van der Waals surface area contributed by atoms with Crippen LogP contribution in [-0.4, -0.2) is 26.6 Å². The van der Waals surface area contributed by atoms with Crippen LogP contribution in [0, 0.1) is 17.0 Å². The number of rotatable bonds is 5. The van der Waals surface area contributed by atoms with Gasteiger partial charge in [-0.25, -0.2) is 4.98 Å². The number of hydrogen-bond donors (Lipinski definition) is 2.